The molecule has 0 spiro atoms. The molecule has 4 atom stereocenters. The fourth-order valence-electron chi connectivity index (χ4n) is 5.50. The van der Waals surface area contributed by atoms with E-state index in [4.69, 9.17) is 0 Å². The lowest BCUT2D eigenvalue weighted by Crippen LogP contribution is -2.39. The van der Waals surface area contributed by atoms with Crippen molar-refractivity contribution < 1.29 is 4.79 Å². The van der Waals surface area contributed by atoms with Crippen molar-refractivity contribution >= 4 is 18.3 Å². The van der Waals surface area contributed by atoms with Crippen LogP contribution < -0.4 is 10.9 Å². The Balaban J connectivity index is 0.00000205. The first kappa shape index (κ1) is 20.2. The van der Waals surface area contributed by atoms with Crippen LogP contribution in [0, 0.1) is 18.8 Å². The van der Waals surface area contributed by atoms with Gasteiger partial charge in [0.25, 0.3) is 11.5 Å². The molecule has 0 unspecified atom stereocenters. The maximum absolute atomic E-state index is 13.3. The number of carbonyl (C=O) groups excluding carboxylic acids is 1. The molecule has 5 rings (SSSR count). The quantitative estimate of drug-likeness (QED) is 0.838. The fourth-order valence-corrected chi connectivity index (χ4v) is 5.50. The van der Waals surface area contributed by atoms with Gasteiger partial charge in [0.2, 0.25) is 0 Å². The lowest BCUT2D eigenvalue weighted by atomic mass is 9.82. The number of aryl methyl sites for hydroxylation is 3. The molecule has 29 heavy (non-hydrogen) atoms. The Kier molecular flexibility index (Phi) is 5.54. The van der Waals surface area contributed by atoms with Crippen LogP contribution in [0.2, 0.25) is 0 Å². The highest BCUT2D eigenvalue weighted by Crippen LogP contribution is 2.43. The number of nitrogens with one attached hydrogen (secondary N) is 1. The van der Waals surface area contributed by atoms with Gasteiger partial charge < -0.3 is 14.8 Å². The summed E-state index contributed by atoms with van der Waals surface area (Å²) in [4.78, 5) is 28.3. The van der Waals surface area contributed by atoms with Crippen LogP contribution in [-0.2, 0) is 13.0 Å². The second-order valence-electron chi connectivity index (χ2n) is 8.60. The number of likely N-dealkylation sites (tertiary alicyclic amines) is 1. The molecule has 2 bridgehead atoms. The van der Waals surface area contributed by atoms with Crippen LogP contribution in [0.4, 0.5) is 0 Å². The molecular formula is C23H28ClN3O2. The zero-order valence-corrected chi connectivity index (χ0v) is 17.5. The van der Waals surface area contributed by atoms with Crippen molar-refractivity contribution in [2.75, 3.05) is 13.1 Å². The van der Waals surface area contributed by atoms with Crippen molar-refractivity contribution in [2.24, 2.45) is 11.8 Å². The van der Waals surface area contributed by atoms with Gasteiger partial charge in [-0.15, -0.1) is 12.4 Å². The third kappa shape index (κ3) is 3.51. The first-order chi connectivity index (χ1) is 13.6. The Hall–Kier alpha value is -2.11. The van der Waals surface area contributed by atoms with Gasteiger partial charge in [-0.1, -0.05) is 30.3 Å². The Morgan fingerprint density at radius 1 is 1.07 bits per heavy atom. The minimum atomic E-state index is -0.154. The largest absolute Gasteiger partial charge is 0.338 e. The molecule has 4 heterocycles. The van der Waals surface area contributed by atoms with E-state index < -0.39 is 0 Å². The molecule has 0 radical (unpaired) electrons. The van der Waals surface area contributed by atoms with Gasteiger partial charge in [0.15, 0.2) is 0 Å². The number of amides is 1. The van der Waals surface area contributed by atoms with Gasteiger partial charge >= 0.3 is 0 Å². The predicted octanol–water partition coefficient (Wildman–Crippen LogP) is 2.64. The maximum Gasteiger partial charge on any atom is 0.263 e. The van der Waals surface area contributed by atoms with Crippen LogP contribution in [0.25, 0.3) is 0 Å². The smallest absolute Gasteiger partial charge is 0.263 e. The highest BCUT2D eigenvalue weighted by atomic mass is 35.5. The minimum absolute atomic E-state index is 0. The molecule has 1 aromatic carbocycles. The molecular weight excluding hydrogens is 386 g/mol. The van der Waals surface area contributed by atoms with E-state index in [0.29, 0.717) is 36.0 Å². The third-order valence-corrected chi connectivity index (χ3v) is 7.02. The topological polar surface area (TPSA) is 54.3 Å². The molecule has 1 amide bonds. The number of halogens is 1. The van der Waals surface area contributed by atoms with E-state index >= 15 is 0 Å². The molecule has 3 saturated heterocycles. The van der Waals surface area contributed by atoms with E-state index in [0.717, 1.165) is 25.1 Å². The summed E-state index contributed by atoms with van der Waals surface area (Å²) in [5.41, 5.74) is 2.18. The molecule has 1 N–H and O–H groups in total. The summed E-state index contributed by atoms with van der Waals surface area (Å²) in [7, 11) is 0. The Morgan fingerprint density at radius 2 is 1.72 bits per heavy atom. The van der Waals surface area contributed by atoms with Crippen LogP contribution in [-0.4, -0.2) is 40.5 Å². The van der Waals surface area contributed by atoms with Crippen molar-refractivity contribution in [3.63, 3.8) is 0 Å². The van der Waals surface area contributed by atoms with Gasteiger partial charge in [0, 0.05) is 37.9 Å². The zero-order valence-electron chi connectivity index (χ0n) is 16.7. The highest BCUT2D eigenvalue weighted by molar-refractivity contribution is 5.95. The van der Waals surface area contributed by atoms with Crippen molar-refractivity contribution in [2.45, 2.75) is 44.8 Å². The molecule has 1 aromatic heterocycles. The number of benzene rings is 1. The minimum Gasteiger partial charge on any atom is -0.338 e. The number of carbonyl (C=O) groups is 1. The number of hydrogen-bond acceptors (Lipinski definition) is 3. The van der Waals surface area contributed by atoms with E-state index in [-0.39, 0.29) is 23.9 Å². The Morgan fingerprint density at radius 3 is 2.38 bits per heavy atom. The van der Waals surface area contributed by atoms with Gasteiger partial charge in [-0.3, -0.25) is 9.59 Å². The SMILES string of the molecule is Cc1ccn(CCc2ccccc2)c(=O)c1C(=O)N1C[C@@H]2[C@H](C1)[C@@H]1CC[C@H]2N1.Cl. The summed E-state index contributed by atoms with van der Waals surface area (Å²) in [6, 6.07) is 13.2. The maximum atomic E-state index is 13.3. The summed E-state index contributed by atoms with van der Waals surface area (Å²) in [6.07, 6.45) is 5.05. The van der Waals surface area contributed by atoms with Gasteiger partial charge in [-0.25, -0.2) is 0 Å². The van der Waals surface area contributed by atoms with Crippen LogP contribution in [0.15, 0.2) is 47.4 Å². The van der Waals surface area contributed by atoms with Gasteiger partial charge in [-0.2, -0.15) is 0 Å². The number of nitrogens with zero attached hydrogens (tertiary/aromatic N) is 2. The Bertz CT molecular complexity index is 940. The number of pyridine rings is 1. The molecule has 5 nitrogen and oxygen atoms in total. The second-order valence-corrected chi connectivity index (χ2v) is 8.60. The number of rotatable bonds is 4. The summed E-state index contributed by atoms with van der Waals surface area (Å²) >= 11 is 0. The van der Waals surface area contributed by atoms with Crippen LogP contribution >= 0.6 is 12.4 Å². The van der Waals surface area contributed by atoms with Crippen molar-refractivity contribution in [3.8, 4) is 0 Å². The van der Waals surface area contributed by atoms with Crippen molar-refractivity contribution in [1.29, 1.82) is 0 Å². The average Bonchev–Trinajstić information content (AvgIpc) is 3.41. The number of hydrogen-bond donors (Lipinski definition) is 1. The standard InChI is InChI=1S/C23H27N3O2.ClH/c1-15-9-11-25(12-10-16-5-3-2-4-6-16)22(27)21(15)23(28)26-13-17-18(14-26)20-8-7-19(17)24-20;/h2-6,9,11,17-20,24H,7-8,10,12-14H2,1H3;1H/t17-,18+,19-,20+;. The van der Waals surface area contributed by atoms with E-state index in [1.165, 1.54) is 18.4 Å². The highest BCUT2D eigenvalue weighted by Gasteiger charge is 2.52. The van der Waals surface area contributed by atoms with Crippen LogP contribution in [0.5, 0.6) is 0 Å². The van der Waals surface area contributed by atoms with Crippen LogP contribution in [0.1, 0.15) is 34.3 Å². The van der Waals surface area contributed by atoms with Crippen molar-refractivity contribution in [3.05, 3.63) is 69.6 Å². The van der Waals surface area contributed by atoms with E-state index in [9.17, 15) is 9.59 Å². The zero-order chi connectivity index (χ0) is 19.3. The van der Waals surface area contributed by atoms with E-state index in [1.807, 2.05) is 42.3 Å². The van der Waals surface area contributed by atoms with Gasteiger partial charge in [0.05, 0.1) is 0 Å². The van der Waals surface area contributed by atoms with Gasteiger partial charge in [0.1, 0.15) is 5.56 Å². The van der Waals surface area contributed by atoms with E-state index in [2.05, 4.69) is 17.4 Å². The lowest BCUT2D eigenvalue weighted by molar-refractivity contribution is 0.0775. The normalized spacial score (nSPS) is 27.0. The molecule has 3 fully saturated rings. The molecule has 6 heteroatoms. The van der Waals surface area contributed by atoms with Crippen LogP contribution in [0.3, 0.4) is 0 Å². The summed E-state index contributed by atoms with van der Waals surface area (Å²) < 4.78 is 1.69. The average molecular weight is 414 g/mol. The number of fused-ring (bicyclic) bond motifs is 5. The molecule has 3 aliphatic heterocycles. The molecule has 2 aromatic rings. The summed E-state index contributed by atoms with van der Waals surface area (Å²) in [6.45, 7) is 4.03. The van der Waals surface area contributed by atoms with Crippen molar-refractivity contribution in [1.82, 2.24) is 14.8 Å². The fraction of sp³-hybridized carbons (Fsp3) is 0.478. The Labute approximate surface area is 177 Å². The summed E-state index contributed by atoms with van der Waals surface area (Å²) in [5.74, 6) is 1.05. The monoisotopic (exact) mass is 413 g/mol. The summed E-state index contributed by atoms with van der Waals surface area (Å²) in [5, 5.41) is 3.69. The van der Waals surface area contributed by atoms with E-state index in [1.54, 1.807) is 4.57 Å². The predicted molar refractivity (Wildman–Crippen MR) is 116 cm³/mol. The number of aromatic nitrogens is 1. The molecule has 0 saturated carbocycles. The molecule has 3 aliphatic rings. The molecule has 154 valence electrons. The second kappa shape index (κ2) is 7.96. The van der Waals surface area contributed by atoms with Gasteiger partial charge in [-0.05, 0) is 55.2 Å². The first-order valence-corrected chi connectivity index (χ1v) is 10.4. The molecule has 0 aliphatic carbocycles. The lowest BCUT2D eigenvalue weighted by Gasteiger charge is -2.20. The first-order valence-electron chi connectivity index (χ1n) is 10.4. The third-order valence-electron chi connectivity index (χ3n) is 7.02.